The van der Waals surface area contributed by atoms with Crippen LogP contribution in [-0.4, -0.2) is 24.4 Å². The van der Waals surface area contributed by atoms with Gasteiger partial charge in [-0.3, -0.25) is 4.79 Å². The van der Waals surface area contributed by atoms with Crippen LogP contribution in [0.2, 0.25) is 0 Å². The summed E-state index contributed by atoms with van der Waals surface area (Å²) in [5.41, 5.74) is 3.52. The van der Waals surface area contributed by atoms with E-state index in [1.807, 2.05) is 14.0 Å². The average Bonchev–Trinajstić information content (AvgIpc) is 2.42. The quantitative estimate of drug-likeness (QED) is 0.697. The third-order valence-corrected chi connectivity index (χ3v) is 3.07. The molecule has 15 heavy (non-hydrogen) atoms. The SMILES string of the molecule is CC/C(=C\C1=C(C)C(=O)N(C)C1)C(C)C. The summed E-state index contributed by atoms with van der Waals surface area (Å²) in [6.45, 7) is 9.26. The van der Waals surface area contributed by atoms with Crippen molar-refractivity contribution in [2.24, 2.45) is 5.92 Å². The Balaban J connectivity index is 2.95. The summed E-state index contributed by atoms with van der Waals surface area (Å²) in [6.07, 6.45) is 3.27. The maximum Gasteiger partial charge on any atom is 0.249 e. The van der Waals surface area contributed by atoms with Gasteiger partial charge in [0.05, 0.1) is 0 Å². The zero-order chi connectivity index (χ0) is 11.6. The molecule has 2 nitrogen and oxygen atoms in total. The first-order valence-corrected chi connectivity index (χ1v) is 5.63. The molecule has 0 aromatic rings. The normalized spacial score (nSPS) is 18.4. The van der Waals surface area contributed by atoms with Gasteiger partial charge in [-0.2, -0.15) is 0 Å². The van der Waals surface area contributed by atoms with Gasteiger partial charge in [0.15, 0.2) is 0 Å². The second kappa shape index (κ2) is 4.65. The minimum atomic E-state index is 0.167. The van der Waals surface area contributed by atoms with Gasteiger partial charge in [-0.15, -0.1) is 0 Å². The van der Waals surface area contributed by atoms with Gasteiger partial charge in [0.2, 0.25) is 5.91 Å². The van der Waals surface area contributed by atoms with E-state index in [1.165, 1.54) is 11.1 Å². The number of likely N-dealkylation sites (N-methyl/N-ethyl adjacent to an activating group) is 1. The summed E-state index contributed by atoms with van der Waals surface area (Å²) < 4.78 is 0. The van der Waals surface area contributed by atoms with Crippen LogP contribution in [0.5, 0.6) is 0 Å². The van der Waals surface area contributed by atoms with Gasteiger partial charge in [0, 0.05) is 19.2 Å². The first-order chi connectivity index (χ1) is 6.97. The predicted octanol–water partition coefficient (Wildman–Crippen LogP) is 2.77. The molecule has 0 fully saturated rings. The molecule has 1 aliphatic rings. The van der Waals surface area contributed by atoms with Crippen LogP contribution in [0.3, 0.4) is 0 Å². The van der Waals surface area contributed by atoms with Gasteiger partial charge in [-0.05, 0) is 24.8 Å². The van der Waals surface area contributed by atoms with Gasteiger partial charge in [0.25, 0.3) is 0 Å². The van der Waals surface area contributed by atoms with Crippen molar-refractivity contribution in [2.75, 3.05) is 13.6 Å². The van der Waals surface area contributed by atoms with Gasteiger partial charge in [0.1, 0.15) is 0 Å². The number of carbonyl (C=O) groups excluding carboxylic acids is 1. The first kappa shape index (κ1) is 12.0. The molecule has 0 unspecified atom stereocenters. The molecule has 0 atom stereocenters. The fraction of sp³-hybridized carbons (Fsp3) is 0.615. The summed E-state index contributed by atoms with van der Waals surface area (Å²) in [6, 6.07) is 0. The second-order valence-corrected chi connectivity index (χ2v) is 4.54. The van der Waals surface area contributed by atoms with E-state index in [1.54, 1.807) is 4.90 Å². The van der Waals surface area contributed by atoms with Crippen molar-refractivity contribution in [3.05, 3.63) is 22.8 Å². The summed E-state index contributed by atoms with van der Waals surface area (Å²) in [4.78, 5) is 13.4. The summed E-state index contributed by atoms with van der Waals surface area (Å²) in [5.74, 6) is 0.733. The number of hydrogen-bond acceptors (Lipinski definition) is 1. The molecule has 1 amide bonds. The molecular weight excluding hydrogens is 186 g/mol. The lowest BCUT2D eigenvalue weighted by Crippen LogP contribution is -2.21. The highest BCUT2D eigenvalue weighted by Gasteiger charge is 2.22. The van der Waals surface area contributed by atoms with Crippen LogP contribution in [0.1, 0.15) is 34.1 Å². The highest BCUT2D eigenvalue weighted by molar-refractivity contribution is 5.96. The van der Waals surface area contributed by atoms with Gasteiger partial charge >= 0.3 is 0 Å². The molecule has 1 aliphatic heterocycles. The fourth-order valence-electron chi connectivity index (χ4n) is 1.92. The van der Waals surface area contributed by atoms with Crippen molar-refractivity contribution in [2.45, 2.75) is 34.1 Å². The standard InChI is InChI=1S/C13H21NO/c1-6-11(9(2)3)7-12-8-14(5)13(15)10(12)4/h7,9H,6,8H2,1-5H3/b11-7+. The van der Waals surface area contributed by atoms with Crippen LogP contribution in [0.15, 0.2) is 22.8 Å². The van der Waals surface area contributed by atoms with Crippen LogP contribution in [0.4, 0.5) is 0 Å². The van der Waals surface area contributed by atoms with E-state index < -0.39 is 0 Å². The zero-order valence-corrected chi connectivity index (χ0v) is 10.4. The Morgan fingerprint density at radius 2 is 2.13 bits per heavy atom. The summed E-state index contributed by atoms with van der Waals surface area (Å²) in [5, 5.41) is 0. The molecule has 0 aromatic carbocycles. The monoisotopic (exact) mass is 207 g/mol. The molecular formula is C13H21NO. The Bertz CT molecular complexity index is 323. The largest absolute Gasteiger partial charge is 0.338 e. The topological polar surface area (TPSA) is 20.3 Å². The highest BCUT2D eigenvalue weighted by atomic mass is 16.2. The van der Waals surface area contributed by atoms with E-state index in [-0.39, 0.29) is 5.91 Å². The third-order valence-electron chi connectivity index (χ3n) is 3.07. The van der Waals surface area contributed by atoms with Gasteiger partial charge in [-0.1, -0.05) is 32.4 Å². The molecule has 84 valence electrons. The number of rotatable bonds is 3. The smallest absolute Gasteiger partial charge is 0.249 e. The lowest BCUT2D eigenvalue weighted by Gasteiger charge is -2.10. The van der Waals surface area contributed by atoms with E-state index in [4.69, 9.17) is 0 Å². The van der Waals surface area contributed by atoms with Crippen LogP contribution >= 0.6 is 0 Å². The number of nitrogens with zero attached hydrogens (tertiary/aromatic N) is 1. The molecule has 0 spiro atoms. The van der Waals surface area contributed by atoms with Crippen LogP contribution in [0, 0.1) is 5.92 Å². The van der Waals surface area contributed by atoms with Crippen molar-refractivity contribution < 1.29 is 4.79 Å². The van der Waals surface area contributed by atoms with Crippen molar-refractivity contribution in [3.8, 4) is 0 Å². The number of allylic oxidation sites excluding steroid dienone is 1. The number of amides is 1. The zero-order valence-electron chi connectivity index (χ0n) is 10.4. The van der Waals surface area contributed by atoms with Crippen molar-refractivity contribution in [3.63, 3.8) is 0 Å². The van der Waals surface area contributed by atoms with Crippen molar-refractivity contribution in [1.82, 2.24) is 4.90 Å². The lowest BCUT2D eigenvalue weighted by atomic mass is 9.97. The van der Waals surface area contributed by atoms with Crippen molar-refractivity contribution >= 4 is 5.91 Å². The molecule has 0 saturated heterocycles. The molecule has 0 bridgehead atoms. The van der Waals surface area contributed by atoms with E-state index >= 15 is 0 Å². The van der Waals surface area contributed by atoms with Crippen LogP contribution in [0.25, 0.3) is 0 Å². The Morgan fingerprint density at radius 1 is 1.53 bits per heavy atom. The maximum absolute atomic E-state index is 11.6. The third kappa shape index (κ3) is 2.49. The van der Waals surface area contributed by atoms with E-state index in [0.29, 0.717) is 5.92 Å². The average molecular weight is 207 g/mol. The molecule has 0 aromatic heterocycles. The summed E-state index contributed by atoms with van der Waals surface area (Å²) >= 11 is 0. The van der Waals surface area contributed by atoms with Crippen LogP contribution in [-0.2, 0) is 4.79 Å². The Labute approximate surface area is 92.7 Å². The fourth-order valence-corrected chi connectivity index (χ4v) is 1.92. The minimum Gasteiger partial charge on any atom is -0.338 e. The second-order valence-electron chi connectivity index (χ2n) is 4.54. The van der Waals surface area contributed by atoms with Gasteiger partial charge < -0.3 is 4.90 Å². The van der Waals surface area contributed by atoms with E-state index in [9.17, 15) is 4.79 Å². The molecule has 0 N–H and O–H groups in total. The molecule has 0 aliphatic carbocycles. The summed E-state index contributed by atoms with van der Waals surface area (Å²) in [7, 11) is 1.85. The lowest BCUT2D eigenvalue weighted by molar-refractivity contribution is -0.124. The maximum atomic E-state index is 11.6. The molecule has 1 heterocycles. The Hall–Kier alpha value is -1.05. The minimum absolute atomic E-state index is 0.167. The molecule has 2 heteroatoms. The van der Waals surface area contributed by atoms with Crippen molar-refractivity contribution in [1.29, 1.82) is 0 Å². The molecule has 0 saturated carbocycles. The molecule has 1 rings (SSSR count). The Kier molecular flexibility index (Phi) is 3.72. The van der Waals surface area contributed by atoms with Crippen LogP contribution < -0.4 is 0 Å². The number of hydrogen-bond donors (Lipinski definition) is 0. The highest BCUT2D eigenvalue weighted by Crippen LogP contribution is 2.23. The van der Waals surface area contributed by atoms with E-state index in [0.717, 1.165) is 18.5 Å². The number of carbonyl (C=O) groups is 1. The Morgan fingerprint density at radius 3 is 2.47 bits per heavy atom. The van der Waals surface area contributed by atoms with Gasteiger partial charge in [-0.25, -0.2) is 0 Å². The van der Waals surface area contributed by atoms with E-state index in [2.05, 4.69) is 26.8 Å². The molecule has 0 radical (unpaired) electrons. The predicted molar refractivity (Wildman–Crippen MR) is 63.5 cm³/mol. The first-order valence-electron chi connectivity index (χ1n) is 5.63.